The molecule has 36 heavy (non-hydrogen) atoms. The highest BCUT2D eigenvalue weighted by atomic mass is 19.4. The van der Waals surface area contributed by atoms with Crippen LogP contribution in [0.4, 0.5) is 13.2 Å². The number of hydrogen-bond acceptors (Lipinski definition) is 4. The fourth-order valence-electron chi connectivity index (χ4n) is 4.77. The molecule has 5 rings (SSSR count). The maximum absolute atomic E-state index is 13.0. The van der Waals surface area contributed by atoms with Gasteiger partial charge in [-0.3, -0.25) is 9.69 Å². The summed E-state index contributed by atoms with van der Waals surface area (Å²) in [6, 6.07) is 23.1. The van der Waals surface area contributed by atoms with E-state index < -0.39 is 11.7 Å². The average Bonchev–Trinajstić information content (AvgIpc) is 3.32. The number of nitrogens with one attached hydrogen (secondary N) is 1. The summed E-state index contributed by atoms with van der Waals surface area (Å²) >= 11 is 0. The van der Waals surface area contributed by atoms with E-state index in [4.69, 9.17) is 0 Å². The second kappa shape index (κ2) is 10.1. The molecule has 0 bridgehead atoms. The van der Waals surface area contributed by atoms with Crippen LogP contribution in [0.2, 0.25) is 0 Å². The van der Waals surface area contributed by atoms with E-state index in [2.05, 4.69) is 20.5 Å². The molecular weight excluding hydrogens is 467 g/mol. The number of halogens is 3. The SMILES string of the molecule is O=C(CN1CCC(n2nnc3cc(C(F)(F)F)ccc32)CC1)NC(c1ccccc1)c1ccccc1. The monoisotopic (exact) mass is 493 g/mol. The Kier molecular flexibility index (Phi) is 6.73. The van der Waals surface area contributed by atoms with Crippen LogP contribution in [-0.2, 0) is 11.0 Å². The van der Waals surface area contributed by atoms with Crippen LogP contribution in [0, 0.1) is 0 Å². The molecule has 1 aliphatic rings. The van der Waals surface area contributed by atoms with Crippen LogP contribution in [0.5, 0.6) is 0 Å². The lowest BCUT2D eigenvalue weighted by molar-refractivity contribution is -0.137. The Hall–Kier alpha value is -3.72. The van der Waals surface area contributed by atoms with Gasteiger partial charge in [-0.1, -0.05) is 65.9 Å². The molecule has 4 aromatic rings. The molecule has 0 atom stereocenters. The number of rotatable bonds is 6. The molecule has 0 saturated carbocycles. The van der Waals surface area contributed by atoms with Crippen LogP contribution in [-0.4, -0.2) is 45.4 Å². The molecule has 0 aliphatic carbocycles. The van der Waals surface area contributed by atoms with Gasteiger partial charge in [-0.2, -0.15) is 13.2 Å². The van der Waals surface area contributed by atoms with Crippen LogP contribution in [0.25, 0.3) is 11.0 Å². The predicted octanol–water partition coefficient (Wildman–Crippen LogP) is 4.99. The van der Waals surface area contributed by atoms with Gasteiger partial charge in [0.25, 0.3) is 0 Å². The van der Waals surface area contributed by atoms with Crippen molar-refractivity contribution in [3.8, 4) is 0 Å². The fraction of sp³-hybridized carbons (Fsp3) is 0.296. The standard InChI is InChI=1S/C27H26F3N5O/c28-27(29,30)21-11-12-24-23(17-21)32-33-35(24)22-13-15-34(16-14-22)18-25(36)31-26(19-7-3-1-4-8-19)20-9-5-2-6-10-20/h1-12,17,22,26H,13-16,18H2,(H,31,36). The van der Waals surface area contributed by atoms with E-state index in [0.29, 0.717) is 18.6 Å². The molecule has 9 heteroatoms. The van der Waals surface area contributed by atoms with E-state index in [9.17, 15) is 18.0 Å². The van der Waals surface area contributed by atoms with Crippen molar-refractivity contribution in [2.24, 2.45) is 0 Å². The van der Waals surface area contributed by atoms with Crippen LogP contribution < -0.4 is 5.32 Å². The maximum Gasteiger partial charge on any atom is 0.416 e. The smallest absolute Gasteiger partial charge is 0.344 e. The number of alkyl halides is 3. The number of fused-ring (bicyclic) bond motifs is 1. The number of carbonyl (C=O) groups excluding carboxylic acids is 1. The third-order valence-electron chi connectivity index (χ3n) is 6.64. The summed E-state index contributed by atoms with van der Waals surface area (Å²) in [7, 11) is 0. The summed E-state index contributed by atoms with van der Waals surface area (Å²) in [5.74, 6) is -0.0583. The Labute approximate surface area is 206 Å². The van der Waals surface area contributed by atoms with Crippen molar-refractivity contribution in [3.63, 3.8) is 0 Å². The molecule has 1 fully saturated rings. The highest BCUT2D eigenvalue weighted by Crippen LogP contribution is 2.32. The Morgan fingerprint density at radius 1 is 0.944 bits per heavy atom. The van der Waals surface area contributed by atoms with E-state index in [0.717, 1.165) is 36.1 Å². The molecule has 1 saturated heterocycles. The van der Waals surface area contributed by atoms with Crippen molar-refractivity contribution in [3.05, 3.63) is 95.6 Å². The molecule has 6 nitrogen and oxygen atoms in total. The van der Waals surface area contributed by atoms with Gasteiger partial charge in [-0.05, 0) is 42.2 Å². The Morgan fingerprint density at radius 2 is 1.56 bits per heavy atom. The minimum atomic E-state index is -4.41. The third-order valence-corrected chi connectivity index (χ3v) is 6.64. The number of benzene rings is 3. The summed E-state index contributed by atoms with van der Waals surface area (Å²) in [6.45, 7) is 1.64. The third kappa shape index (κ3) is 5.26. The van der Waals surface area contributed by atoms with Gasteiger partial charge in [0.2, 0.25) is 5.91 Å². The van der Waals surface area contributed by atoms with Crippen molar-refractivity contribution in [2.45, 2.75) is 31.1 Å². The lowest BCUT2D eigenvalue weighted by Crippen LogP contribution is -2.43. The van der Waals surface area contributed by atoms with Crippen molar-refractivity contribution in [2.75, 3.05) is 19.6 Å². The van der Waals surface area contributed by atoms with Gasteiger partial charge >= 0.3 is 6.18 Å². The number of likely N-dealkylation sites (tertiary alicyclic amines) is 1. The molecule has 1 aliphatic heterocycles. The van der Waals surface area contributed by atoms with Gasteiger partial charge < -0.3 is 5.32 Å². The number of nitrogens with zero attached hydrogens (tertiary/aromatic N) is 4. The number of carbonyl (C=O) groups is 1. The maximum atomic E-state index is 13.0. The number of hydrogen-bond donors (Lipinski definition) is 1. The van der Waals surface area contributed by atoms with Crippen molar-refractivity contribution in [1.82, 2.24) is 25.2 Å². The predicted molar refractivity (Wildman–Crippen MR) is 130 cm³/mol. The largest absolute Gasteiger partial charge is 0.416 e. The van der Waals surface area contributed by atoms with Crippen LogP contribution in [0.3, 0.4) is 0 Å². The highest BCUT2D eigenvalue weighted by molar-refractivity contribution is 5.79. The zero-order valence-electron chi connectivity index (χ0n) is 19.5. The molecule has 0 spiro atoms. The lowest BCUT2D eigenvalue weighted by atomic mass is 9.98. The van der Waals surface area contributed by atoms with E-state index in [-0.39, 0.29) is 30.1 Å². The van der Waals surface area contributed by atoms with Crippen molar-refractivity contribution >= 4 is 16.9 Å². The molecule has 1 aromatic heterocycles. The highest BCUT2D eigenvalue weighted by Gasteiger charge is 2.31. The van der Waals surface area contributed by atoms with Gasteiger partial charge in [0.1, 0.15) is 5.52 Å². The first-order valence-electron chi connectivity index (χ1n) is 11.9. The first-order chi connectivity index (χ1) is 17.4. The van der Waals surface area contributed by atoms with Gasteiger partial charge in [0.15, 0.2) is 0 Å². The summed E-state index contributed by atoms with van der Waals surface area (Å²) < 4.78 is 40.7. The second-order valence-corrected chi connectivity index (χ2v) is 9.06. The van der Waals surface area contributed by atoms with E-state index in [1.54, 1.807) is 4.68 Å². The number of amides is 1. The summed E-state index contributed by atoms with van der Waals surface area (Å²) in [4.78, 5) is 15.1. The molecule has 3 aromatic carbocycles. The quantitative estimate of drug-likeness (QED) is 0.411. The van der Waals surface area contributed by atoms with Gasteiger partial charge in [-0.25, -0.2) is 4.68 Å². The van der Waals surface area contributed by atoms with E-state index in [1.807, 2.05) is 60.7 Å². The van der Waals surface area contributed by atoms with Gasteiger partial charge in [-0.15, -0.1) is 5.10 Å². The Bertz CT molecular complexity index is 1280. The number of piperidine rings is 1. The van der Waals surface area contributed by atoms with E-state index in [1.165, 1.54) is 6.07 Å². The first kappa shape index (κ1) is 24.0. The average molecular weight is 494 g/mol. The minimum Gasteiger partial charge on any atom is -0.344 e. The van der Waals surface area contributed by atoms with Crippen molar-refractivity contribution < 1.29 is 18.0 Å². The number of aromatic nitrogens is 3. The molecule has 1 N–H and O–H groups in total. The normalized spacial score (nSPS) is 15.4. The topological polar surface area (TPSA) is 63.1 Å². The zero-order chi connectivity index (χ0) is 25.1. The Morgan fingerprint density at radius 3 is 2.14 bits per heavy atom. The minimum absolute atomic E-state index is 0.0208. The Balaban J connectivity index is 1.21. The van der Waals surface area contributed by atoms with Crippen LogP contribution in [0.15, 0.2) is 78.9 Å². The molecule has 186 valence electrons. The summed E-state index contributed by atoms with van der Waals surface area (Å²) in [5, 5.41) is 11.3. The van der Waals surface area contributed by atoms with E-state index >= 15 is 0 Å². The molecular formula is C27H26F3N5O. The summed E-state index contributed by atoms with van der Waals surface area (Å²) in [6.07, 6.45) is -2.95. The molecule has 0 radical (unpaired) electrons. The van der Waals surface area contributed by atoms with Crippen molar-refractivity contribution in [1.29, 1.82) is 0 Å². The lowest BCUT2D eigenvalue weighted by Gasteiger charge is -2.32. The second-order valence-electron chi connectivity index (χ2n) is 9.06. The van der Waals surface area contributed by atoms with Crippen LogP contribution >= 0.6 is 0 Å². The van der Waals surface area contributed by atoms with Gasteiger partial charge in [0.05, 0.1) is 29.7 Å². The van der Waals surface area contributed by atoms with Crippen LogP contribution in [0.1, 0.15) is 41.6 Å². The molecule has 2 heterocycles. The molecule has 0 unspecified atom stereocenters. The fourth-order valence-corrected chi connectivity index (χ4v) is 4.77. The van der Waals surface area contributed by atoms with Gasteiger partial charge in [0, 0.05) is 13.1 Å². The molecule has 1 amide bonds. The zero-order valence-corrected chi connectivity index (χ0v) is 19.5. The summed E-state index contributed by atoms with van der Waals surface area (Å²) in [5.41, 5.74) is 2.13. The first-order valence-corrected chi connectivity index (χ1v) is 11.9.